The standard InChI is InChI=1S/C18H18N4O2/c1-11(2)10-24-18(23)16-6-8-21-17(22-16)12-3-4-15-13(9-12)14(19)5-7-20-15/h3-9,11H,10H2,1-2H3,(H2,19,20). The Labute approximate surface area is 139 Å². The summed E-state index contributed by atoms with van der Waals surface area (Å²) in [4.78, 5) is 24.9. The second kappa shape index (κ2) is 6.62. The van der Waals surface area contributed by atoms with Crippen LogP contribution in [0.15, 0.2) is 42.7 Å². The molecule has 122 valence electrons. The van der Waals surface area contributed by atoms with Crippen LogP contribution in [0.1, 0.15) is 24.3 Å². The first kappa shape index (κ1) is 15.9. The van der Waals surface area contributed by atoms with Gasteiger partial charge in [0.05, 0.1) is 12.1 Å². The van der Waals surface area contributed by atoms with E-state index in [2.05, 4.69) is 15.0 Å². The van der Waals surface area contributed by atoms with E-state index in [1.807, 2.05) is 32.0 Å². The minimum Gasteiger partial charge on any atom is -0.461 e. The van der Waals surface area contributed by atoms with Gasteiger partial charge in [0.25, 0.3) is 0 Å². The summed E-state index contributed by atoms with van der Waals surface area (Å²) in [5.74, 6) is 0.264. The maximum Gasteiger partial charge on any atom is 0.357 e. The Kier molecular flexibility index (Phi) is 4.37. The number of carbonyl (C=O) groups is 1. The Hall–Kier alpha value is -3.02. The van der Waals surface area contributed by atoms with E-state index in [1.54, 1.807) is 24.5 Å². The van der Waals surface area contributed by atoms with Crippen molar-refractivity contribution in [2.45, 2.75) is 13.8 Å². The van der Waals surface area contributed by atoms with Crippen LogP contribution in [0.4, 0.5) is 5.69 Å². The molecule has 3 aromatic rings. The van der Waals surface area contributed by atoms with Gasteiger partial charge in [0.15, 0.2) is 11.5 Å². The van der Waals surface area contributed by atoms with Gasteiger partial charge < -0.3 is 10.5 Å². The molecule has 0 radical (unpaired) electrons. The van der Waals surface area contributed by atoms with Gasteiger partial charge in [-0.25, -0.2) is 14.8 Å². The fourth-order valence-electron chi connectivity index (χ4n) is 2.23. The zero-order valence-electron chi connectivity index (χ0n) is 13.6. The first-order valence-corrected chi connectivity index (χ1v) is 7.69. The molecule has 2 heterocycles. The van der Waals surface area contributed by atoms with E-state index in [1.165, 1.54) is 0 Å². The highest BCUT2D eigenvalue weighted by Crippen LogP contribution is 2.24. The number of anilines is 1. The lowest BCUT2D eigenvalue weighted by molar-refractivity contribution is 0.0452. The van der Waals surface area contributed by atoms with Gasteiger partial charge in [0.1, 0.15) is 0 Å². The summed E-state index contributed by atoms with van der Waals surface area (Å²) in [6.45, 7) is 4.31. The van der Waals surface area contributed by atoms with Gasteiger partial charge in [-0.15, -0.1) is 0 Å². The second-order valence-corrected chi connectivity index (χ2v) is 5.89. The zero-order chi connectivity index (χ0) is 17.1. The molecule has 0 aliphatic carbocycles. The number of hydrogen-bond donors (Lipinski definition) is 1. The lowest BCUT2D eigenvalue weighted by atomic mass is 10.1. The van der Waals surface area contributed by atoms with Crippen LogP contribution in [0.25, 0.3) is 22.3 Å². The van der Waals surface area contributed by atoms with Crippen molar-refractivity contribution in [3.8, 4) is 11.4 Å². The van der Waals surface area contributed by atoms with Crippen LogP contribution in [-0.2, 0) is 4.74 Å². The van der Waals surface area contributed by atoms with Crippen molar-refractivity contribution in [3.05, 3.63) is 48.4 Å². The number of nitrogens with two attached hydrogens (primary N) is 1. The van der Waals surface area contributed by atoms with Gasteiger partial charge in [-0.1, -0.05) is 13.8 Å². The van der Waals surface area contributed by atoms with Gasteiger partial charge in [0, 0.05) is 29.0 Å². The van der Waals surface area contributed by atoms with Gasteiger partial charge in [-0.2, -0.15) is 0 Å². The summed E-state index contributed by atoms with van der Waals surface area (Å²) < 4.78 is 5.21. The molecule has 2 aromatic heterocycles. The largest absolute Gasteiger partial charge is 0.461 e. The lowest BCUT2D eigenvalue weighted by Crippen LogP contribution is -2.12. The highest BCUT2D eigenvalue weighted by Gasteiger charge is 2.12. The summed E-state index contributed by atoms with van der Waals surface area (Å²) >= 11 is 0. The molecule has 3 rings (SSSR count). The zero-order valence-corrected chi connectivity index (χ0v) is 13.6. The summed E-state index contributed by atoms with van der Waals surface area (Å²) in [7, 11) is 0. The van der Waals surface area contributed by atoms with Crippen LogP contribution >= 0.6 is 0 Å². The van der Waals surface area contributed by atoms with Gasteiger partial charge >= 0.3 is 5.97 Å². The topological polar surface area (TPSA) is 91.0 Å². The molecule has 0 aliphatic rings. The number of nitrogens with zero attached hydrogens (tertiary/aromatic N) is 3. The number of hydrogen-bond acceptors (Lipinski definition) is 6. The fourth-order valence-corrected chi connectivity index (χ4v) is 2.23. The van der Waals surface area contributed by atoms with E-state index in [4.69, 9.17) is 10.5 Å². The van der Waals surface area contributed by atoms with E-state index in [0.717, 1.165) is 16.5 Å². The number of nitrogen functional groups attached to an aromatic ring is 1. The molecule has 0 amide bonds. The normalized spacial score (nSPS) is 11.0. The van der Waals surface area contributed by atoms with Crippen molar-refractivity contribution < 1.29 is 9.53 Å². The number of aromatic nitrogens is 3. The molecular formula is C18H18N4O2. The predicted octanol–water partition coefficient (Wildman–Crippen LogP) is 3.09. The van der Waals surface area contributed by atoms with Crippen LogP contribution in [-0.4, -0.2) is 27.5 Å². The first-order chi connectivity index (χ1) is 11.5. The number of esters is 1. The molecule has 6 nitrogen and oxygen atoms in total. The highest BCUT2D eigenvalue weighted by molar-refractivity contribution is 5.93. The van der Waals surface area contributed by atoms with Crippen LogP contribution < -0.4 is 5.73 Å². The van der Waals surface area contributed by atoms with Crippen molar-refractivity contribution >= 4 is 22.6 Å². The van der Waals surface area contributed by atoms with Crippen LogP contribution in [0.3, 0.4) is 0 Å². The van der Waals surface area contributed by atoms with Gasteiger partial charge in [0.2, 0.25) is 0 Å². The summed E-state index contributed by atoms with van der Waals surface area (Å²) in [5, 5.41) is 0.825. The number of rotatable bonds is 4. The van der Waals surface area contributed by atoms with Crippen molar-refractivity contribution in [2.75, 3.05) is 12.3 Å². The van der Waals surface area contributed by atoms with Crippen molar-refractivity contribution in [3.63, 3.8) is 0 Å². The monoisotopic (exact) mass is 322 g/mol. The van der Waals surface area contributed by atoms with Gasteiger partial charge in [-0.05, 0) is 36.2 Å². The van der Waals surface area contributed by atoms with E-state index in [0.29, 0.717) is 18.1 Å². The number of carbonyl (C=O) groups excluding carboxylic acids is 1. The maximum absolute atomic E-state index is 12.1. The number of fused-ring (bicyclic) bond motifs is 1. The predicted molar refractivity (Wildman–Crippen MR) is 92.3 cm³/mol. The quantitative estimate of drug-likeness (QED) is 0.742. The Morgan fingerprint density at radius 2 is 1.96 bits per heavy atom. The summed E-state index contributed by atoms with van der Waals surface area (Å²) in [6, 6.07) is 8.87. The maximum atomic E-state index is 12.1. The first-order valence-electron chi connectivity index (χ1n) is 7.69. The van der Waals surface area contributed by atoms with E-state index < -0.39 is 5.97 Å². The highest BCUT2D eigenvalue weighted by atomic mass is 16.5. The molecule has 1 aromatic carbocycles. The molecule has 0 spiro atoms. The Morgan fingerprint density at radius 3 is 2.75 bits per heavy atom. The van der Waals surface area contributed by atoms with Crippen molar-refractivity contribution in [1.82, 2.24) is 15.0 Å². The minimum absolute atomic E-state index is 0.236. The van der Waals surface area contributed by atoms with Crippen molar-refractivity contribution in [1.29, 1.82) is 0 Å². The van der Waals surface area contributed by atoms with Gasteiger partial charge in [-0.3, -0.25) is 4.98 Å². The molecule has 2 N–H and O–H groups in total. The minimum atomic E-state index is -0.450. The Morgan fingerprint density at radius 1 is 1.17 bits per heavy atom. The molecule has 0 unspecified atom stereocenters. The molecule has 0 saturated carbocycles. The third-order valence-electron chi connectivity index (χ3n) is 3.45. The summed E-state index contributed by atoms with van der Waals surface area (Å²) in [5.41, 5.74) is 8.43. The molecular weight excluding hydrogens is 304 g/mol. The third kappa shape index (κ3) is 3.32. The number of pyridine rings is 1. The molecule has 24 heavy (non-hydrogen) atoms. The Bertz CT molecular complexity index is 893. The third-order valence-corrected chi connectivity index (χ3v) is 3.45. The average molecular weight is 322 g/mol. The fraction of sp³-hybridized carbons (Fsp3) is 0.222. The lowest BCUT2D eigenvalue weighted by Gasteiger charge is -2.08. The van der Waals surface area contributed by atoms with Crippen LogP contribution in [0.2, 0.25) is 0 Å². The second-order valence-electron chi connectivity index (χ2n) is 5.89. The molecule has 6 heteroatoms. The van der Waals surface area contributed by atoms with Crippen LogP contribution in [0, 0.1) is 5.92 Å². The van der Waals surface area contributed by atoms with Crippen molar-refractivity contribution in [2.24, 2.45) is 5.92 Å². The number of ether oxygens (including phenoxy) is 1. The Balaban J connectivity index is 1.94. The SMILES string of the molecule is CC(C)COC(=O)c1ccnc(-c2ccc3nccc(N)c3c2)n1. The number of benzene rings is 1. The summed E-state index contributed by atoms with van der Waals surface area (Å²) in [6.07, 6.45) is 3.21. The van der Waals surface area contributed by atoms with E-state index in [-0.39, 0.29) is 11.6 Å². The molecule has 0 atom stereocenters. The molecule has 0 bridgehead atoms. The molecule has 0 saturated heterocycles. The van der Waals surface area contributed by atoms with Crippen LogP contribution in [0.5, 0.6) is 0 Å². The average Bonchev–Trinajstić information content (AvgIpc) is 2.60. The van der Waals surface area contributed by atoms with E-state index >= 15 is 0 Å². The van der Waals surface area contributed by atoms with E-state index in [9.17, 15) is 4.79 Å². The smallest absolute Gasteiger partial charge is 0.357 e. The molecule has 0 fully saturated rings. The molecule has 0 aliphatic heterocycles.